The number of aliphatic hydroxyl groups excluding tert-OH is 1. The highest BCUT2D eigenvalue weighted by Gasteiger charge is 2.14. The van der Waals surface area contributed by atoms with Crippen molar-refractivity contribution in [3.63, 3.8) is 0 Å². The van der Waals surface area contributed by atoms with Crippen LogP contribution in [0.5, 0.6) is 0 Å². The number of aliphatic hydroxyl groups is 1. The minimum atomic E-state index is -0.143. The van der Waals surface area contributed by atoms with Gasteiger partial charge in [0.1, 0.15) is 12.3 Å². The van der Waals surface area contributed by atoms with Crippen molar-refractivity contribution < 1.29 is 9.90 Å². The summed E-state index contributed by atoms with van der Waals surface area (Å²) in [4.78, 5) is 14.0. The molecule has 0 bridgehead atoms. The van der Waals surface area contributed by atoms with Crippen molar-refractivity contribution >= 4 is 5.91 Å². The third-order valence-corrected chi connectivity index (χ3v) is 3.20. The molecule has 108 valence electrons. The van der Waals surface area contributed by atoms with Gasteiger partial charge in [-0.25, -0.2) is 0 Å². The molecular weight excluding hydrogens is 264 g/mol. The normalized spacial score (nSPS) is 9.86. The van der Waals surface area contributed by atoms with Gasteiger partial charge in [-0.15, -0.1) is 0 Å². The lowest BCUT2D eigenvalue weighted by atomic mass is 10.1. The molecule has 4 heteroatoms. The molecule has 0 atom stereocenters. The summed E-state index contributed by atoms with van der Waals surface area (Å²) >= 11 is 0. The summed E-state index contributed by atoms with van der Waals surface area (Å²) in [5.41, 5.74) is 2.56. The molecule has 1 heterocycles. The number of carbonyl (C=O) groups excluding carboxylic acids is 1. The van der Waals surface area contributed by atoms with E-state index in [0.29, 0.717) is 12.2 Å². The Morgan fingerprint density at radius 3 is 2.57 bits per heavy atom. The van der Waals surface area contributed by atoms with Crippen LogP contribution in [0.2, 0.25) is 0 Å². The molecule has 1 N–H and O–H groups in total. The zero-order valence-corrected chi connectivity index (χ0v) is 12.2. The molecule has 0 aliphatic carbocycles. The number of aryl methyl sites for hydroxylation is 1. The first-order valence-electron chi connectivity index (χ1n) is 6.67. The van der Waals surface area contributed by atoms with Crippen LogP contribution in [0.1, 0.15) is 21.6 Å². The van der Waals surface area contributed by atoms with E-state index in [1.807, 2.05) is 54.2 Å². The predicted octanol–water partition coefficient (Wildman–Crippen LogP) is 1.64. The van der Waals surface area contributed by atoms with Crippen molar-refractivity contribution in [2.45, 2.75) is 6.54 Å². The number of aromatic nitrogens is 1. The van der Waals surface area contributed by atoms with Crippen LogP contribution in [0.25, 0.3) is 0 Å². The maximum atomic E-state index is 12.3. The number of rotatable bonds is 3. The average Bonchev–Trinajstić information content (AvgIpc) is 2.92. The average molecular weight is 282 g/mol. The summed E-state index contributed by atoms with van der Waals surface area (Å²) in [6, 6.07) is 11.3. The third-order valence-electron chi connectivity index (χ3n) is 3.20. The SMILES string of the molecule is CN(Cc1ccc(C#CCO)cc1)C(=O)c1cccn1C. The van der Waals surface area contributed by atoms with E-state index in [2.05, 4.69) is 11.8 Å². The van der Waals surface area contributed by atoms with Crippen LogP contribution in [0.15, 0.2) is 42.6 Å². The van der Waals surface area contributed by atoms with E-state index < -0.39 is 0 Å². The van der Waals surface area contributed by atoms with Crippen molar-refractivity contribution in [1.82, 2.24) is 9.47 Å². The summed E-state index contributed by atoms with van der Waals surface area (Å²) in [5, 5.41) is 8.66. The van der Waals surface area contributed by atoms with Crippen LogP contribution in [0.3, 0.4) is 0 Å². The van der Waals surface area contributed by atoms with E-state index in [0.717, 1.165) is 11.1 Å². The molecule has 0 saturated carbocycles. The molecular formula is C17H18N2O2. The van der Waals surface area contributed by atoms with Gasteiger partial charge in [-0.05, 0) is 29.8 Å². The van der Waals surface area contributed by atoms with Crippen molar-refractivity contribution in [3.05, 3.63) is 59.4 Å². The largest absolute Gasteiger partial charge is 0.384 e. The lowest BCUT2D eigenvalue weighted by Gasteiger charge is -2.17. The van der Waals surface area contributed by atoms with E-state index in [1.54, 1.807) is 11.9 Å². The van der Waals surface area contributed by atoms with Crippen LogP contribution in [-0.2, 0) is 13.6 Å². The summed E-state index contributed by atoms with van der Waals surface area (Å²) in [7, 11) is 3.64. The van der Waals surface area contributed by atoms with E-state index >= 15 is 0 Å². The van der Waals surface area contributed by atoms with Crippen LogP contribution in [0, 0.1) is 11.8 Å². The van der Waals surface area contributed by atoms with Gasteiger partial charge in [-0.3, -0.25) is 4.79 Å². The Balaban J connectivity index is 2.04. The molecule has 1 amide bonds. The van der Waals surface area contributed by atoms with Gasteiger partial charge in [0.25, 0.3) is 5.91 Å². The molecule has 2 rings (SSSR count). The molecule has 0 fully saturated rings. The second kappa shape index (κ2) is 6.78. The summed E-state index contributed by atoms with van der Waals surface area (Å²) in [6.45, 7) is 0.396. The van der Waals surface area contributed by atoms with Gasteiger partial charge < -0.3 is 14.6 Å². The zero-order valence-electron chi connectivity index (χ0n) is 12.2. The fourth-order valence-electron chi connectivity index (χ4n) is 2.06. The van der Waals surface area contributed by atoms with Crippen LogP contribution in [-0.4, -0.2) is 34.1 Å². The van der Waals surface area contributed by atoms with Crippen molar-refractivity contribution in [2.24, 2.45) is 7.05 Å². The summed E-state index contributed by atoms with van der Waals surface area (Å²) in [6.07, 6.45) is 1.86. The Kier molecular flexibility index (Phi) is 4.81. The second-order valence-electron chi connectivity index (χ2n) is 4.82. The molecule has 0 saturated heterocycles. The molecule has 21 heavy (non-hydrogen) atoms. The van der Waals surface area contributed by atoms with Crippen molar-refractivity contribution in [1.29, 1.82) is 0 Å². The first kappa shape index (κ1) is 14.9. The van der Waals surface area contributed by atoms with E-state index in [4.69, 9.17) is 5.11 Å². The quantitative estimate of drug-likeness (QED) is 0.870. The molecule has 0 aliphatic rings. The molecule has 1 aromatic heterocycles. The van der Waals surface area contributed by atoms with Crippen molar-refractivity contribution in [3.8, 4) is 11.8 Å². The Bertz CT molecular complexity index is 675. The van der Waals surface area contributed by atoms with Crippen LogP contribution >= 0.6 is 0 Å². The zero-order chi connectivity index (χ0) is 15.2. The molecule has 0 spiro atoms. The Hall–Kier alpha value is -2.51. The monoisotopic (exact) mass is 282 g/mol. The highest BCUT2D eigenvalue weighted by molar-refractivity contribution is 5.92. The summed E-state index contributed by atoms with van der Waals surface area (Å²) < 4.78 is 1.81. The number of hydrogen-bond acceptors (Lipinski definition) is 2. The highest BCUT2D eigenvalue weighted by Crippen LogP contribution is 2.10. The Morgan fingerprint density at radius 2 is 2.00 bits per heavy atom. The van der Waals surface area contributed by atoms with E-state index in [-0.39, 0.29) is 12.5 Å². The van der Waals surface area contributed by atoms with Crippen molar-refractivity contribution in [2.75, 3.05) is 13.7 Å². The fourth-order valence-corrected chi connectivity index (χ4v) is 2.06. The van der Waals surface area contributed by atoms with Crippen LogP contribution in [0.4, 0.5) is 0 Å². The number of hydrogen-bond donors (Lipinski definition) is 1. The van der Waals surface area contributed by atoms with E-state index in [9.17, 15) is 4.79 Å². The fraction of sp³-hybridized carbons (Fsp3) is 0.235. The number of carbonyl (C=O) groups is 1. The smallest absolute Gasteiger partial charge is 0.270 e. The topological polar surface area (TPSA) is 45.5 Å². The molecule has 0 radical (unpaired) electrons. The minimum Gasteiger partial charge on any atom is -0.384 e. The maximum absolute atomic E-state index is 12.3. The van der Waals surface area contributed by atoms with Gasteiger partial charge >= 0.3 is 0 Å². The van der Waals surface area contributed by atoms with Gasteiger partial charge in [0, 0.05) is 32.4 Å². The predicted molar refractivity (Wildman–Crippen MR) is 81.6 cm³/mol. The molecule has 0 aliphatic heterocycles. The highest BCUT2D eigenvalue weighted by atomic mass is 16.2. The number of nitrogens with zero attached hydrogens (tertiary/aromatic N) is 2. The van der Waals surface area contributed by atoms with Crippen LogP contribution < -0.4 is 0 Å². The number of benzene rings is 1. The minimum absolute atomic E-state index is 0.00773. The second-order valence-corrected chi connectivity index (χ2v) is 4.82. The lowest BCUT2D eigenvalue weighted by Crippen LogP contribution is -2.27. The van der Waals surface area contributed by atoms with Gasteiger partial charge in [0.15, 0.2) is 0 Å². The first-order chi connectivity index (χ1) is 10.1. The molecule has 2 aromatic rings. The Labute approximate surface area is 124 Å². The first-order valence-corrected chi connectivity index (χ1v) is 6.67. The van der Waals surface area contributed by atoms with Gasteiger partial charge in [-0.1, -0.05) is 24.0 Å². The summed E-state index contributed by atoms with van der Waals surface area (Å²) in [5.74, 6) is 5.44. The van der Waals surface area contributed by atoms with E-state index in [1.165, 1.54) is 0 Å². The maximum Gasteiger partial charge on any atom is 0.270 e. The lowest BCUT2D eigenvalue weighted by molar-refractivity contribution is 0.0775. The standard InChI is InChI=1S/C17H18N2O2/c1-18-11-3-6-16(18)17(21)19(2)13-15-9-7-14(8-10-15)5-4-12-20/h3,6-11,20H,12-13H2,1-2H3. The number of amides is 1. The molecule has 4 nitrogen and oxygen atoms in total. The Morgan fingerprint density at radius 1 is 1.29 bits per heavy atom. The molecule has 1 aromatic carbocycles. The third kappa shape index (κ3) is 3.74. The molecule has 0 unspecified atom stereocenters. The van der Waals surface area contributed by atoms with Gasteiger partial charge in [0.05, 0.1) is 0 Å². The van der Waals surface area contributed by atoms with Gasteiger partial charge in [-0.2, -0.15) is 0 Å². The van der Waals surface area contributed by atoms with Gasteiger partial charge in [0.2, 0.25) is 0 Å².